The van der Waals surface area contributed by atoms with E-state index in [2.05, 4.69) is 25.8 Å². The lowest BCUT2D eigenvalue weighted by molar-refractivity contribution is 0.0989. The van der Waals surface area contributed by atoms with Gasteiger partial charge in [-0.25, -0.2) is 4.39 Å². The molecule has 0 fully saturated rings. The highest BCUT2D eigenvalue weighted by molar-refractivity contribution is 5.97. The molecule has 0 radical (unpaired) electrons. The molecule has 2 nitrogen and oxygen atoms in total. The topological polar surface area (TPSA) is 30.0 Å². The number of pyridine rings is 1. The van der Waals surface area contributed by atoms with E-state index in [0.29, 0.717) is 0 Å². The highest BCUT2D eigenvalue weighted by atomic mass is 19.1. The van der Waals surface area contributed by atoms with Crippen LogP contribution < -0.4 is 0 Å². The van der Waals surface area contributed by atoms with E-state index in [1.807, 2.05) is 24.3 Å². The second-order valence-electron chi connectivity index (χ2n) is 5.90. The zero-order chi connectivity index (χ0) is 14.8. The Kier molecular flexibility index (Phi) is 3.98. The summed E-state index contributed by atoms with van der Waals surface area (Å²) in [5.41, 5.74) is 2.28. The zero-order valence-electron chi connectivity index (χ0n) is 12.0. The van der Waals surface area contributed by atoms with Crippen LogP contribution in [-0.4, -0.2) is 10.8 Å². The van der Waals surface area contributed by atoms with Crippen LogP contribution in [0.15, 0.2) is 42.7 Å². The maximum atomic E-state index is 13.5. The first-order chi connectivity index (χ1) is 9.38. The molecule has 0 aliphatic rings. The Bertz CT molecular complexity index is 612. The summed E-state index contributed by atoms with van der Waals surface area (Å²) in [6, 6.07) is 9.31. The Labute approximate surface area is 118 Å². The van der Waals surface area contributed by atoms with Crippen molar-refractivity contribution in [2.45, 2.75) is 32.6 Å². The highest BCUT2D eigenvalue weighted by Gasteiger charge is 2.15. The molecule has 0 aliphatic heterocycles. The molecule has 3 heteroatoms. The van der Waals surface area contributed by atoms with Gasteiger partial charge >= 0.3 is 0 Å². The van der Waals surface area contributed by atoms with Gasteiger partial charge in [0.15, 0.2) is 11.6 Å². The quantitative estimate of drug-likeness (QED) is 0.791. The molecule has 0 aliphatic carbocycles. The fraction of sp³-hybridized carbons (Fsp3) is 0.294. The van der Waals surface area contributed by atoms with Gasteiger partial charge in [-0.05, 0) is 22.6 Å². The van der Waals surface area contributed by atoms with Gasteiger partial charge in [-0.1, -0.05) is 45.0 Å². The van der Waals surface area contributed by atoms with E-state index in [-0.39, 0.29) is 23.2 Å². The first kappa shape index (κ1) is 14.4. The normalized spacial score (nSPS) is 11.4. The predicted octanol–water partition coefficient (Wildman–Crippen LogP) is 3.94. The summed E-state index contributed by atoms with van der Waals surface area (Å²) in [7, 11) is 0. The van der Waals surface area contributed by atoms with E-state index in [0.717, 1.165) is 11.8 Å². The van der Waals surface area contributed by atoms with Crippen LogP contribution in [0.4, 0.5) is 4.39 Å². The second kappa shape index (κ2) is 5.53. The Morgan fingerprint density at radius 3 is 2.35 bits per heavy atom. The number of ketones is 1. The smallest absolute Gasteiger partial charge is 0.170 e. The molecular formula is C17H18FNO. The van der Waals surface area contributed by atoms with Gasteiger partial charge < -0.3 is 0 Å². The van der Waals surface area contributed by atoms with Crippen LogP contribution >= 0.6 is 0 Å². The predicted molar refractivity (Wildman–Crippen MR) is 77.4 cm³/mol. The number of rotatable bonds is 3. The molecule has 0 saturated carbocycles. The maximum Gasteiger partial charge on any atom is 0.170 e. The van der Waals surface area contributed by atoms with E-state index < -0.39 is 5.82 Å². The van der Waals surface area contributed by atoms with Crippen LogP contribution in [0.1, 0.15) is 42.3 Å². The highest BCUT2D eigenvalue weighted by Crippen LogP contribution is 2.22. The average molecular weight is 271 g/mol. The third-order valence-corrected chi connectivity index (χ3v) is 3.26. The lowest BCUT2D eigenvalue weighted by Crippen LogP contribution is -2.11. The minimum atomic E-state index is -0.566. The zero-order valence-corrected chi connectivity index (χ0v) is 12.0. The summed E-state index contributed by atoms with van der Waals surface area (Å²) >= 11 is 0. The molecule has 0 bridgehead atoms. The minimum Gasteiger partial charge on any atom is -0.294 e. The van der Waals surface area contributed by atoms with Crippen molar-refractivity contribution in [2.75, 3.05) is 0 Å². The van der Waals surface area contributed by atoms with E-state index >= 15 is 0 Å². The van der Waals surface area contributed by atoms with Crippen molar-refractivity contribution in [3.8, 4) is 0 Å². The summed E-state index contributed by atoms with van der Waals surface area (Å²) in [6.07, 6.45) is 2.69. The molecule has 0 amide bonds. The molecule has 1 aromatic carbocycles. The van der Waals surface area contributed by atoms with Crippen LogP contribution in [0, 0.1) is 5.82 Å². The fourth-order valence-corrected chi connectivity index (χ4v) is 2.00. The number of hydrogen-bond acceptors (Lipinski definition) is 2. The molecule has 104 valence electrons. The number of aromatic nitrogens is 1. The van der Waals surface area contributed by atoms with Crippen molar-refractivity contribution < 1.29 is 9.18 Å². The summed E-state index contributed by atoms with van der Waals surface area (Å²) in [5, 5.41) is 0. The summed E-state index contributed by atoms with van der Waals surface area (Å²) in [6.45, 7) is 6.42. The minimum absolute atomic E-state index is 0.0831. The number of benzene rings is 1. The van der Waals surface area contributed by atoms with Gasteiger partial charge in [-0.3, -0.25) is 9.78 Å². The van der Waals surface area contributed by atoms with Gasteiger partial charge in [0.2, 0.25) is 0 Å². The number of nitrogens with zero attached hydrogens (tertiary/aromatic N) is 1. The van der Waals surface area contributed by atoms with Gasteiger partial charge in [-0.2, -0.15) is 0 Å². The lowest BCUT2D eigenvalue weighted by Gasteiger charge is -2.19. The Morgan fingerprint density at radius 1 is 1.15 bits per heavy atom. The summed E-state index contributed by atoms with van der Waals surface area (Å²) in [4.78, 5) is 15.7. The average Bonchev–Trinajstić information content (AvgIpc) is 2.38. The molecule has 2 aromatic rings. The number of halogens is 1. The van der Waals surface area contributed by atoms with Crippen molar-refractivity contribution in [1.82, 2.24) is 4.98 Å². The second-order valence-corrected chi connectivity index (χ2v) is 5.90. The molecule has 1 heterocycles. The van der Waals surface area contributed by atoms with E-state index in [1.165, 1.54) is 17.8 Å². The van der Waals surface area contributed by atoms with Crippen LogP contribution in [0.25, 0.3) is 0 Å². The molecule has 20 heavy (non-hydrogen) atoms. The standard InChI is InChI=1S/C17H18FNO/c1-17(2,3)13-6-4-12(5-7-13)10-16(20)14-8-9-19-11-15(14)18/h4-9,11H,10H2,1-3H3. The SMILES string of the molecule is CC(C)(C)c1ccc(CC(=O)c2ccncc2F)cc1. The lowest BCUT2D eigenvalue weighted by atomic mass is 9.86. The third-order valence-electron chi connectivity index (χ3n) is 3.26. The molecule has 2 rings (SSSR count). The number of carbonyl (C=O) groups is 1. The molecule has 0 unspecified atom stereocenters. The van der Waals surface area contributed by atoms with Gasteiger partial charge in [0.1, 0.15) is 0 Å². The first-order valence-corrected chi connectivity index (χ1v) is 6.60. The molecular weight excluding hydrogens is 253 g/mol. The van der Waals surface area contributed by atoms with Crippen LogP contribution in [0.2, 0.25) is 0 Å². The van der Waals surface area contributed by atoms with Crippen LogP contribution in [0.5, 0.6) is 0 Å². The number of carbonyl (C=O) groups excluding carboxylic acids is 1. The fourth-order valence-electron chi connectivity index (χ4n) is 2.00. The van der Waals surface area contributed by atoms with Crippen molar-refractivity contribution in [1.29, 1.82) is 0 Å². The van der Waals surface area contributed by atoms with E-state index in [9.17, 15) is 9.18 Å². The van der Waals surface area contributed by atoms with Crippen molar-refractivity contribution in [2.24, 2.45) is 0 Å². The molecule has 0 spiro atoms. The monoisotopic (exact) mass is 271 g/mol. The summed E-state index contributed by atoms with van der Waals surface area (Å²) < 4.78 is 13.5. The van der Waals surface area contributed by atoms with E-state index in [4.69, 9.17) is 0 Å². The van der Waals surface area contributed by atoms with Gasteiger partial charge in [0.25, 0.3) is 0 Å². The van der Waals surface area contributed by atoms with E-state index in [1.54, 1.807) is 0 Å². The maximum absolute atomic E-state index is 13.5. The summed E-state index contributed by atoms with van der Waals surface area (Å²) in [5.74, 6) is -0.794. The van der Waals surface area contributed by atoms with Gasteiger partial charge in [0, 0.05) is 12.6 Å². The molecule has 0 saturated heterocycles. The van der Waals surface area contributed by atoms with Gasteiger partial charge in [-0.15, -0.1) is 0 Å². The molecule has 1 aromatic heterocycles. The molecule has 0 N–H and O–H groups in total. The van der Waals surface area contributed by atoms with Gasteiger partial charge in [0.05, 0.1) is 11.8 Å². The Balaban J connectivity index is 2.15. The van der Waals surface area contributed by atoms with Crippen LogP contribution in [0.3, 0.4) is 0 Å². The van der Waals surface area contributed by atoms with Crippen molar-refractivity contribution >= 4 is 5.78 Å². The number of Topliss-reactive ketones (excluding diaryl/α,β-unsaturated/α-hetero) is 1. The van der Waals surface area contributed by atoms with Crippen LogP contribution in [-0.2, 0) is 11.8 Å². The Hall–Kier alpha value is -2.03. The number of hydrogen-bond donors (Lipinski definition) is 0. The van der Waals surface area contributed by atoms with Crippen molar-refractivity contribution in [3.63, 3.8) is 0 Å². The molecule has 0 atom stereocenters. The third kappa shape index (κ3) is 3.29. The largest absolute Gasteiger partial charge is 0.294 e. The first-order valence-electron chi connectivity index (χ1n) is 6.60. The Morgan fingerprint density at radius 2 is 1.80 bits per heavy atom. The van der Waals surface area contributed by atoms with Crippen molar-refractivity contribution in [3.05, 3.63) is 65.2 Å².